The molecular formula is C24H32N6O. The SMILES string of the molecule is CCc1nccn1C[C@H](C)C(=O)N1CCN([C@@H](c2ccccc2)c2nccn2C)CC1. The van der Waals surface area contributed by atoms with Crippen LogP contribution >= 0.6 is 0 Å². The van der Waals surface area contributed by atoms with Gasteiger partial charge in [-0.15, -0.1) is 0 Å². The summed E-state index contributed by atoms with van der Waals surface area (Å²) in [6.45, 7) is 7.93. The zero-order valence-corrected chi connectivity index (χ0v) is 18.7. The number of aryl methyl sites for hydroxylation is 2. The van der Waals surface area contributed by atoms with Gasteiger partial charge in [0.2, 0.25) is 5.91 Å². The number of amides is 1. The maximum absolute atomic E-state index is 13.1. The zero-order valence-electron chi connectivity index (χ0n) is 18.7. The van der Waals surface area contributed by atoms with Gasteiger partial charge in [0.15, 0.2) is 0 Å². The lowest BCUT2D eigenvalue weighted by Gasteiger charge is -2.40. The first kappa shape index (κ1) is 21.3. The second-order valence-electron chi connectivity index (χ2n) is 8.32. The predicted octanol–water partition coefficient (Wildman–Crippen LogP) is 2.75. The van der Waals surface area contributed by atoms with Crippen molar-refractivity contribution >= 4 is 5.91 Å². The standard InChI is InChI=1S/C24H32N6O/c1-4-21-25-11-13-30(21)18-19(2)24(31)29-16-14-28(15-17-29)22(20-8-6-5-7-9-20)23-26-10-12-27(23)3/h5-13,19,22H,4,14-18H2,1-3H3/t19-,22-/m0/s1. The summed E-state index contributed by atoms with van der Waals surface area (Å²) in [6, 6.07) is 10.6. The molecule has 1 amide bonds. The summed E-state index contributed by atoms with van der Waals surface area (Å²) in [5, 5.41) is 0. The average Bonchev–Trinajstić information content (AvgIpc) is 3.43. The first-order chi connectivity index (χ1) is 15.1. The zero-order chi connectivity index (χ0) is 21.8. The van der Waals surface area contributed by atoms with E-state index in [0.29, 0.717) is 6.54 Å². The Balaban J connectivity index is 1.43. The molecular weight excluding hydrogens is 388 g/mol. The first-order valence-corrected chi connectivity index (χ1v) is 11.1. The van der Waals surface area contributed by atoms with Crippen LogP contribution in [0.5, 0.6) is 0 Å². The Morgan fingerprint density at radius 3 is 2.39 bits per heavy atom. The minimum Gasteiger partial charge on any atom is -0.340 e. The summed E-state index contributed by atoms with van der Waals surface area (Å²) in [6.07, 6.45) is 8.51. The van der Waals surface area contributed by atoms with E-state index in [0.717, 1.165) is 44.2 Å². The van der Waals surface area contributed by atoms with E-state index >= 15 is 0 Å². The quantitative estimate of drug-likeness (QED) is 0.590. The number of piperazine rings is 1. The number of nitrogens with zero attached hydrogens (tertiary/aromatic N) is 6. The van der Waals surface area contributed by atoms with Crippen molar-refractivity contribution in [2.45, 2.75) is 32.9 Å². The lowest BCUT2D eigenvalue weighted by atomic mass is 10.0. The van der Waals surface area contributed by atoms with Crippen molar-refractivity contribution in [2.24, 2.45) is 13.0 Å². The van der Waals surface area contributed by atoms with Crippen LogP contribution in [-0.4, -0.2) is 61.0 Å². The Kier molecular flexibility index (Phi) is 6.51. The van der Waals surface area contributed by atoms with Crippen LogP contribution < -0.4 is 0 Å². The Hall–Kier alpha value is -2.93. The van der Waals surface area contributed by atoms with E-state index in [1.54, 1.807) is 0 Å². The van der Waals surface area contributed by atoms with Crippen LogP contribution in [0.1, 0.15) is 37.1 Å². The van der Waals surface area contributed by atoms with Crippen molar-refractivity contribution < 1.29 is 4.79 Å². The van der Waals surface area contributed by atoms with Gasteiger partial charge in [-0.2, -0.15) is 0 Å². The fraction of sp³-hybridized carbons (Fsp3) is 0.458. The molecule has 3 heterocycles. The molecule has 7 nitrogen and oxygen atoms in total. The molecule has 0 saturated carbocycles. The monoisotopic (exact) mass is 420 g/mol. The van der Waals surface area contributed by atoms with Gasteiger partial charge in [0.1, 0.15) is 11.6 Å². The molecule has 0 aliphatic carbocycles. The predicted molar refractivity (Wildman–Crippen MR) is 120 cm³/mol. The Morgan fingerprint density at radius 1 is 1.03 bits per heavy atom. The molecule has 7 heteroatoms. The molecule has 1 fully saturated rings. The summed E-state index contributed by atoms with van der Waals surface area (Å²) in [7, 11) is 2.04. The molecule has 1 saturated heterocycles. The fourth-order valence-electron chi connectivity index (χ4n) is 4.51. The van der Waals surface area contributed by atoms with Crippen LogP contribution in [0.15, 0.2) is 55.1 Å². The van der Waals surface area contributed by atoms with Crippen LogP contribution in [0.2, 0.25) is 0 Å². The van der Waals surface area contributed by atoms with Crippen molar-refractivity contribution in [1.29, 1.82) is 0 Å². The third-order valence-electron chi connectivity index (χ3n) is 6.22. The number of rotatable bonds is 7. The van der Waals surface area contributed by atoms with E-state index in [9.17, 15) is 4.79 Å². The third kappa shape index (κ3) is 4.56. The van der Waals surface area contributed by atoms with Crippen molar-refractivity contribution in [3.05, 3.63) is 72.3 Å². The summed E-state index contributed by atoms with van der Waals surface area (Å²) >= 11 is 0. The van der Waals surface area contributed by atoms with Gasteiger partial charge < -0.3 is 14.0 Å². The maximum Gasteiger partial charge on any atom is 0.227 e. The minimum atomic E-state index is -0.0643. The van der Waals surface area contributed by atoms with Crippen LogP contribution in [0.4, 0.5) is 0 Å². The molecule has 0 bridgehead atoms. The van der Waals surface area contributed by atoms with Crippen LogP contribution in [0, 0.1) is 5.92 Å². The highest BCUT2D eigenvalue weighted by Gasteiger charge is 2.31. The van der Waals surface area contributed by atoms with Gasteiger partial charge in [-0.3, -0.25) is 9.69 Å². The Labute approximate surface area is 184 Å². The van der Waals surface area contributed by atoms with E-state index in [1.165, 1.54) is 5.56 Å². The van der Waals surface area contributed by atoms with Gasteiger partial charge in [0.25, 0.3) is 0 Å². The number of carbonyl (C=O) groups excluding carboxylic acids is 1. The van der Waals surface area contributed by atoms with Gasteiger partial charge in [-0.25, -0.2) is 9.97 Å². The topological polar surface area (TPSA) is 59.2 Å². The van der Waals surface area contributed by atoms with Gasteiger partial charge in [0, 0.05) is 71.0 Å². The Morgan fingerprint density at radius 2 is 1.74 bits per heavy atom. The lowest BCUT2D eigenvalue weighted by molar-refractivity contribution is -0.137. The smallest absolute Gasteiger partial charge is 0.227 e. The van der Waals surface area contributed by atoms with Crippen molar-refractivity contribution in [1.82, 2.24) is 28.9 Å². The molecule has 4 rings (SSSR count). The number of hydrogen-bond donors (Lipinski definition) is 0. The van der Waals surface area contributed by atoms with Crippen molar-refractivity contribution in [2.75, 3.05) is 26.2 Å². The molecule has 31 heavy (non-hydrogen) atoms. The molecule has 2 aromatic heterocycles. The number of hydrogen-bond acceptors (Lipinski definition) is 4. The number of aromatic nitrogens is 4. The molecule has 0 radical (unpaired) electrons. The van der Waals surface area contributed by atoms with Crippen LogP contribution in [0.3, 0.4) is 0 Å². The number of benzene rings is 1. The molecule has 1 aromatic carbocycles. The first-order valence-electron chi connectivity index (χ1n) is 11.1. The highest BCUT2D eigenvalue weighted by Crippen LogP contribution is 2.28. The molecule has 1 aliphatic rings. The van der Waals surface area contributed by atoms with E-state index in [4.69, 9.17) is 0 Å². The van der Waals surface area contributed by atoms with Gasteiger partial charge in [-0.05, 0) is 5.56 Å². The molecule has 0 unspecified atom stereocenters. The molecule has 164 valence electrons. The van der Waals surface area contributed by atoms with E-state index in [2.05, 4.69) is 55.2 Å². The lowest BCUT2D eigenvalue weighted by Crippen LogP contribution is -2.51. The largest absolute Gasteiger partial charge is 0.340 e. The summed E-state index contributed by atoms with van der Waals surface area (Å²) < 4.78 is 4.19. The molecule has 1 aliphatic heterocycles. The van der Waals surface area contributed by atoms with E-state index in [-0.39, 0.29) is 17.9 Å². The number of imidazole rings is 2. The van der Waals surface area contributed by atoms with Gasteiger partial charge in [0.05, 0.1) is 12.0 Å². The van der Waals surface area contributed by atoms with Crippen LogP contribution in [0.25, 0.3) is 0 Å². The second kappa shape index (κ2) is 9.47. The third-order valence-corrected chi connectivity index (χ3v) is 6.22. The minimum absolute atomic E-state index is 0.0643. The van der Waals surface area contributed by atoms with Crippen molar-refractivity contribution in [3.63, 3.8) is 0 Å². The van der Waals surface area contributed by atoms with Gasteiger partial charge in [-0.1, -0.05) is 44.2 Å². The summed E-state index contributed by atoms with van der Waals surface area (Å²) in [5.74, 6) is 2.23. The average molecular weight is 421 g/mol. The van der Waals surface area contributed by atoms with Crippen molar-refractivity contribution in [3.8, 4) is 0 Å². The molecule has 2 atom stereocenters. The second-order valence-corrected chi connectivity index (χ2v) is 8.32. The maximum atomic E-state index is 13.1. The van der Waals surface area contributed by atoms with Gasteiger partial charge >= 0.3 is 0 Å². The highest BCUT2D eigenvalue weighted by molar-refractivity contribution is 5.78. The molecule has 3 aromatic rings. The molecule has 0 spiro atoms. The highest BCUT2D eigenvalue weighted by atomic mass is 16.2. The summed E-state index contributed by atoms with van der Waals surface area (Å²) in [4.78, 5) is 26.6. The molecule has 0 N–H and O–H groups in total. The Bertz CT molecular complexity index is 986. The number of carbonyl (C=O) groups is 1. The van der Waals surface area contributed by atoms with E-state index in [1.807, 2.05) is 49.7 Å². The van der Waals surface area contributed by atoms with E-state index < -0.39 is 0 Å². The fourth-order valence-corrected chi connectivity index (χ4v) is 4.51. The summed E-state index contributed by atoms with van der Waals surface area (Å²) in [5.41, 5.74) is 1.23. The van der Waals surface area contributed by atoms with Crippen LogP contribution in [-0.2, 0) is 24.8 Å². The normalized spacial score (nSPS) is 16.9.